The number of hydrogen-bond donors (Lipinski definition) is 1. The highest BCUT2D eigenvalue weighted by molar-refractivity contribution is 7.98. The molecule has 0 spiro atoms. The lowest BCUT2D eigenvalue weighted by molar-refractivity contribution is -0.116. The van der Waals surface area contributed by atoms with E-state index >= 15 is 0 Å². The van der Waals surface area contributed by atoms with E-state index in [0.717, 1.165) is 29.7 Å². The van der Waals surface area contributed by atoms with E-state index in [-0.39, 0.29) is 11.8 Å². The fraction of sp³-hybridized carbons (Fsp3) is 0.333. The summed E-state index contributed by atoms with van der Waals surface area (Å²) in [6, 6.07) is 8.02. The maximum Gasteiger partial charge on any atom is 0.248 e. The van der Waals surface area contributed by atoms with Gasteiger partial charge in [0.25, 0.3) is 0 Å². The second-order valence-electron chi connectivity index (χ2n) is 5.42. The summed E-state index contributed by atoms with van der Waals surface area (Å²) in [5.74, 6) is 0.793. The van der Waals surface area contributed by atoms with Crippen molar-refractivity contribution in [3.05, 3.63) is 41.1 Å². The van der Waals surface area contributed by atoms with E-state index in [1.807, 2.05) is 6.26 Å². The van der Waals surface area contributed by atoms with Crippen LogP contribution in [0.3, 0.4) is 0 Å². The molecule has 1 aliphatic carbocycles. The molecule has 6 nitrogen and oxygen atoms in total. The van der Waals surface area contributed by atoms with Gasteiger partial charge in [0.1, 0.15) is 6.04 Å². The van der Waals surface area contributed by atoms with Crippen LogP contribution in [-0.2, 0) is 4.79 Å². The molecule has 4 rings (SSSR count). The molecule has 0 unspecified atom stereocenters. The van der Waals surface area contributed by atoms with Gasteiger partial charge in [-0.05, 0) is 47.2 Å². The summed E-state index contributed by atoms with van der Waals surface area (Å²) in [6.45, 7) is 0. The molecule has 0 saturated carbocycles. The van der Waals surface area contributed by atoms with Crippen LogP contribution in [0.4, 0.5) is 5.95 Å². The molecular formula is C15H15N5OS. The van der Waals surface area contributed by atoms with Crippen molar-refractivity contribution in [2.45, 2.75) is 30.2 Å². The molecule has 1 N–H and O–H groups in total. The quantitative estimate of drug-likeness (QED) is 0.858. The summed E-state index contributed by atoms with van der Waals surface area (Å²) >= 11 is 1.70. The summed E-state index contributed by atoms with van der Waals surface area (Å²) in [7, 11) is 0. The summed E-state index contributed by atoms with van der Waals surface area (Å²) in [6.07, 6.45) is 4.39. The number of aromatic nitrogens is 4. The van der Waals surface area contributed by atoms with Gasteiger partial charge in [-0.3, -0.25) is 4.79 Å². The minimum absolute atomic E-state index is 0.189. The third-order valence-electron chi connectivity index (χ3n) is 4.16. The Morgan fingerprint density at radius 3 is 2.86 bits per heavy atom. The highest BCUT2D eigenvalue weighted by Gasteiger charge is 2.36. The number of thioether (sulfide) groups is 1. The molecule has 2 aromatic rings. The zero-order valence-corrected chi connectivity index (χ0v) is 12.9. The number of nitrogens with one attached hydrogen (secondary N) is 1. The Morgan fingerprint density at radius 1 is 1.27 bits per heavy atom. The van der Waals surface area contributed by atoms with Crippen LogP contribution in [-0.4, -0.2) is 32.2 Å². The number of anilines is 1. The van der Waals surface area contributed by atoms with Crippen molar-refractivity contribution in [2.75, 3.05) is 11.6 Å². The number of hydrogen-bond acceptors (Lipinski definition) is 6. The van der Waals surface area contributed by atoms with E-state index in [2.05, 4.69) is 45.1 Å². The van der Waals surface area contributed by atoms with Crippen molar-refractivity contribution in [3.8, 4) is 0 Å². The number of allylic oxidation sites excluding steroid dienone is 2. The summed E-state index contributed by atoms with van der Waals surface area (Å²) in [5, 5.41) is 15.1. The Hall–Kier alpha value is -2.15. The molecule has 0 bridgehead atoms. The van der Waals surface area contributed by atoms with Crippen molar-refractivity contribution in [1.29, 1.82) is 0 Å². The number of ketones is 1. The Labute approximate surface area is 132 Å². The van der Waals surface area contributed by atoms with Gasteiger partial charge < -0.3 is 5.32 Å². The highest BCUT2D eigenvalue weighted by atomic mass is 32.2. The minimum Gasteiger partial charge on any atom is -0.326 e. The molecule has 2 aliphatic rings. The summed E-state index contributed by atoms with van der Waals surface area (Å²) in [5.41, 5.74) is 2.82. The van der Waals surface area contributed by atoms with E-state index in [9.17, 15) is 4.79 Å². The Kier molecular flexibility index (Phi) is 3.22. The molecule has 0 radical (unpaired) electrons. The van der Waals surface area contributed by atoms with Crippen LogP contribution in [0.1, 0.15) is 30.9 Å². The number of benzene rings is 1. The minimum atomic E-state index is -0.232. The van der Waals surface area contributed by atoms with Gasteiger partial charge in [-0.1, -0.05) is 17.2 Å². The van der Waals surface area contributed by atoms with Gasteiger partial charge >= 0.3 is 0 Å². The van der Waals surface area contributed by atoms with Gasteiger partial charge in [-0.25, -0.2) is 0 Å². The van der Waals surface area contributed by atoms with Gasteiger partial charge in [-0.15, -0.1) is 11.8 Å². The van der Waals surface area contributed by atoms with E-state index in [1.54, 1.807) is 16.4 Å². The van der Waals surface area contributed by atoms with Crippen LogP contribution in [0, 0.1) is 0 Å². The number of tetrazole rings is 1. The number of carbonyl (C=O) groups is 1. The average molecular weight is 313 g/mol. The van der Waals surface area contributed by atoms with Crippen LogP contribution < -0.4 is 5.32 Å². The van der Waals surface area contributed by atoms with E-state index in [0.29, 0.717) is 12.4 Å². The molecule has 1 aromatic heterocycles. The lowest BCUT2D eigenvalue weighted by atomic mass is 9.85. The third-order valence-corrected chi connectivity index (χ3v) is 4.90. The normalized spacial score (nSPS) is 20.4. The van der Waals surface area contributed by atoms with Crippen molar-refractivity contribution in [2.24, 2.45) is 0 Å². The molecular weight excluding hydrogens is 298 g/mol. The lowest BCUT2D eigenvalue weighted by Gasteiger charge is -2.31. The number of nitrogens with zero attached hydrogens (tertiary/aromatic N) is 4. The van der Waals surface area contributed by atoms with Gasteiger partial charge in [0.2, 0.25) is 5.95 Å². The van der Waals surface area contributed by atoms with Crippen molar-refractivity contribution in [3.63, 3.8) is 0 Å². The van der Waals surface area contributed by atoms with E-state index < -0.39 is 0 Å². The molecule has 112 valence electrons. The molecule has 1 aromatic carbocycles. The first-order valence-corrected chi connectivity index (χ1v) is 8.45. The predicted octanol–water partition coefficient (Wildman–Crippen LogP) is 2.42. The second kappa shape index (κ2) is 5.24. The van der Waals surface area contributed by atoms with E-state index in [1.165, 1.54) is 4.90 Å². The zero-order valence-electron chi connectivity index (χ0n) is 12.1. The third kappa shape index (κ3) is 2.04. The van der Waals surface area contributed by atoms with Crippen LogP contribution in [0.5, 0.6) is 0 Å². The predicted molar refractivity (Wildman–Crippen MR) is 83.7 cm³/mol. The van der Waals surface area contributed by atoms with Crippen LogP contribution in [0.2, 0.25) is 0 Å². The Morgan fingerprint density at radius 2 is 2.09 bits per heavy atom. The van der Waals surface area contributed by atoms with Crippen molar-refractivity contribution >= 4 is 23.5 Å². The number of rotatable bonds is 2. The molecule has 7 heteroatoms. The SMILES string of the molecule is CSc1ccc([C@H]2C3=C(CCCC3=O)Nc3nnnn32)cc1. The summed E-state index contributed by atoms with van der Waals surface area (Å²) in [4.78, 5) is 13.7. The molecule has 1 atom stereocenters. The molecule has 1 aliphatic heterocycles. The molecule has 22 heavy (non-hydrogen) atoms. The van der Waals surface area contributed by atoms with Crippen molar-refractivity contribution < 1.29 is 4.79 Å². The topological polar surface area (TPSA) is 72.7 Å². The zero-order chi connectivity index (χ0) is 15.1. The Balaban J connectivity index is 1.86. The smallest absolute Gasteiger partial charge is 0.248 e. The van der Waals surface area contributed by atoms with Gasteiger partial charge in [0.05, 0.1) is 0 Å². The number of carbonyl (C=O) groups excluding carboxylic acids is 1. The van der Waals surface area contributed by atoms with E-state index in [4.69, 9.17) is 0 Å². The highest BCUT2D eigenvalue weighted by Crippen LogP contribution is 2.39. The standard InChI is InChI=1S/C15H15N5OS/c1-22-10-7-5-9(6-8-10)14-13-11(3-2-4-12(13)21)16-15-17-18-19-20(14)15/h5-8,14H,2-4H2,1H3,(H,16,17,19)/t14-/m0/s1. The first kappa shape index (κ1) is 13.5. The van der Waals surface area contributed by atoms with Crippen LogP contribution in [0.15, 0.2) is 40.4 Å². The monoisotopic (exact) mass is 313 g/mol. The van der Waals surface area contributed by atoms with Crippen LogP contribution >= 0.6 is 11.8 Å². The maximum absolute atomic E-state index is 12.5. The molecule has 0 amide bonds. The maximum atomic E-state index is 12.5. The molecule has 0 fully saturated rings. The molecule has 2 heterocycles. The van der Waals surface area contributed by atoms with Gasteiger partial charge in [0, 0.05) is 22.6 Å². The number of Topliss-reactive ketones (excluding diaryl/α,β-unsaturated/α-hetero) is 1. The first-order chi connectivity index (χ1) is 10.8. The lowest BCUT2D eigenvalue weighted by Crippen LogP contribution is -2.31. The fourth-order valence-corrected chi connectivity index (χ4v) is 3.52. The van der Waals surface area contributed by atoms with Crippen molar-refractivity contribution in [1.82, 2.24) is 20.2 Å². The summed E-state index contributed by atoms with van der Waals surface area (Å²) < 4.78 is 1.70. The van der Waals surface area contributed by atoms with Crippen LogP contribution in [0.25, 0.3) is 0 Å². The van der Waals surface area contributed by atoms with Gasteiger partial charge in [-0.2, -0.15) is 4.68 Å². The average Bonchev–Trinajstić information content (AvgIpc) is 3.01. The fourth-order valence-electron chi connectivity index (χ4n) is 3.11. The number of fused-ring (bicyclic) bond motifs is 1. The van der Waals surface area contributed by atoms with Gasteiger partial charge in [0.15, 0.2) is 5.78 Å². The Bertz CT molecular complexity index is 764. The molecule has 0 saturated heterocycles. The largest absolute Gasteiger partial charge is 0.326 e. The second-order valence-corrected chi connectivity index (χ2v) is 6.30. The first-order valence-electron chi connectivity index (χ1n) is 7.23.